The molecule has 0 amide bonds. The van der Waals surface area contributed by atoms with E-state index in [2.05, 4.69) is 0 Å². The van der Waals surface area contributed by atoms with E-state index in [1.54, 1.807) is 25.1 Å². The van der Waals surface area contributed by atoms with E-state index in [9.17, 15) is 9.50 Å². The summed E-state index contributed by atoms with van der Waals surface area (Å²) < 4.78 is 18.5. The lowest BCUT2D eigenvalue weighted by molar-refractivity contribution is 0.187. The van der Waals surface area contributed by atoms with Gasteiger partial charge >= 0.3 is 0 Å². The van der Waals surface area contributed by atoms with E-state index < -0.39 is 11.9 Å². The molecule has 4 heteroatoms. The fourth-order valence-electron chi connectivity index (χ4n) is 1.45. The van der Waals surface area contributed by atoms with E-state index in [1.165, 1.54) is 12.1 Å². The highest BCUT2D eigenvalue weighted by Gasteiger charge is 2.15. The molecule has 1 heterocycles. The van der Waals surface area contributed by atoms with Crippen molar-refractivity contribution in [3.05, 3.63) is 58.3 Å². The zero-order chi connectivity index (χ0) is 11.7. The lowest BCUT2D eigenvalue weighted by atomic mass is 10.1. The van der Waals surface area contributed by atoms with Gasteiger partial charge in [0, 0.05) is 0 Å². The highest BCUT2D eigenvalue weighted by molar-refractivity contribution is 6.30. The monoisotopic (exact) mass is 240 g/mol. The molecule has 1 atom stereocenters. The number of benzene rings is 1. The Labute approximate surface area is 97.3 Å². The zero-order valence-electron chi connectivity index (χ0n) is 8.58. The summed E-state index contributed by atoms with van der Waals surface area (Å²) in [5.74, 6) is 0.532. The number of aryl methyl sites for hydroxylation is 1. The molecule has 0 bridgehead atoms. The molecule has 0 aliphatic carbocycles. The maximum atomic E-state index is 13.2. The Kier molecular flexibility index (Phi) is 2.99. The Morgan fingerprint density at radius 1 is 1.31 bits per heavy atom. The molecule has 0 spiro atoms. The first-order valence-corrected chi connectivity index (χ1v) is 5.15. The van der Waals surface area contributed by atoms with Crippen LogP contribution in [-0.4, -0.2) is 5.11 Å². The smallest absolute Gasteiger partial charge is 0.142 e. The molecule has 2 rings (SSSR count). The molecule has 1 N–H and O–H groups in total. The van der Waals surface area contributed by atoms with Gasteiger partial charge in [0.15, 0.2) is 0 Å². The summed E-state index contributed by atoms with van der Waals surface area (Å²) in [5.41, 5.74) is 0.413. The number of halogens is 2. The Hall–Kier alpha value is -1.32. The van der Waals surface area contributed by atoms with Crippen molar-refractivity contribution in [1.29, 1.82) is 0 Å². The van der Waals surface area contributed by atoms with Crippen LogP contribution in [0.25, 0.3) is 0 Å². The fourth-order valence-corrected chi connectivity index (χ4v) is 1.56. The van der Waals surface area contributed by atoms with Crippen molar-refractivity contribution in [3.8, 4) is 0 Å². The predicted octanol–water partition coefficient (Wildman–Crippen LogP) is 3.46. The molecule has 0 saturated heterocycles. The maximum Gasteiger partial charge on any atom is 0.142 e. The van der Waals surface area contributed by atoms with Gasteiger partial charge < -0.3 is 9.52 Å². The van der Waals surface area contributed by atoms with Crippen LogP contribution < -0.4 is 0 Å². The van der Waals surface area contributed by atoms with Crippen LogP contribution in [0.1, 0.15) is 23.2 Å². The Bertz CT molecular complexity index is 507. The topological polar surface area (TPSA) is 33.4 Å². The Balaban J connectivity index is 2.33. The summed E-state index contributed by atoms with van der Waals surface area (Å²) >= 11 is 5.56. The number of furan rings is 1. The van der Waals surface area contributed by atoms with E-state index in [1.807, 2.05) is 0 Å². The lowest BCUT2D eigenvalue weighted by Crippen LogP contribution is -1.98. The average molecular weight is 241 g/mol. The van der Waals surface area contributed by atoms with E-state index >= 15 is 0 Å². The summed E-state index contributed by atoms with van der Waals surface area (Å²) in [6, 6.07) is 7.57. The second-order valence-electron chi connectivity index (χ2n) is 3.52. The fraction of sp³-hybridized carbons (Fsp3) is 0.167. The van der Waals surface area contributed by atoms with Crippen molar-refractivity contribution in [3.63, 3.8) is 0 Å². The minimum atomic E-state index is -0.972. The first-order chi connectivity index (χ1) is 7.58. The van der Waals surface area contributed by atoms with Gasteiger partial charge in [-0.1, -0.05) is 17.7 Å². The van der Waals surface area contributed by atoms with Gasteiger partial charge in [-0.05, 0) is 36.8 Å². The van der Waals surface area contributed by atoms with E-state index in [-0.39, 0.29) is 5.02 Å². The predicted molar refractivity (Wildman–Crippen MR) is 58.9 cm³/mol. The van der Waals surface area contributed by atoms with Crippen molar-refractivity contribution in [2.75, 3.05) is 0 Å². The molecule has 0 fully saturated rings. The van der Waals surface area contributed by atoms with Crippen molar-refractivity contribution >= 4 is 11.6 Å². The molecule has 84 valence electrons. The van der Waals surface area contributed by atoms with Gasteiger partial charge in [0.25, 0.3) is 0 Å². The standard InChI is InChI=1S/C12H10ClFO2/c1-7-2-5-11(16-7)12(15)8-3-4-9(13)10(14)6-8/h2-6,12,15H,1H3/t12-/m1/s1. The van der Waals surface area contributed by atoms with Gasteiger partial charge in [-0.2, -0.15) is 0 Å². The molecule has 0 saturated carbocycles. The molecular weight excluding hydrogens is 231 g/mol. The van der Waals surface area contributed by atoms with Gasteiger partial charge in [-0.15, -0.1) is 0 Å². The molecule has 1 aromatic carbocycles. The number of aliphatic hydroxyl groups is 1. The second-order valence-corrected chi connectivity index (χ2v) is 3.93. The number of rotatable bonds is 2. The van der Waals surface area contributed by atoms with Crippen molar-refractivity contribution in [1.82, 2.24) is 0 Å². The summed E-state index contributed by atoms with van der Waals surface area (Å²) in [4.78, 5) is 0. The largest absolute Gasteiger partial charge is 0.463 e. The van der Waals surface area contributed by atoms with E-state index in [4.69, 9.17) is 16.0 Å². The quantitative estimate of drug-likeness (QED) is 0.872. The van der Waals surface area contributed by atoms with Crippen LogP contribution >= 0.6 is 11.6 Å². The minimum Gasteiger partial charge on any atom is -0.463 e. The minimum absolute atomic E-state index is 0.0339. The summed E-state index contributed by atoms with van der Waals surface area (Å²) in [6.07, 6.45) is -0.972. The SMILES string of the molecule is Cc1ccc([C@H](O)c2ccc(Cl)c(F)c2)o1. The van der Waals surface area contributed by atoms with Crippen LogP contribution in [0.4, 0.5) is 4.39 Å². The molecule has 0 unspecified atom stereocenters. The molecule has 16 heavy (non-hydrogen) atoms. The second kappa shape index (κ2) is 4.28. The molecule has 0 aliphatic rings. The van der Waals surface area contributed by atoms with Crippen molar-refractivity contribution in [2.24, 2.45) is 0 Å². The molecule has 2 nitrogen and oxygen atoms in total. The molecular formula is C12H10ClFO2. The van der Waals surface area contributed by atoms with Crippen LogP contribution in [-0.2, 0) is 0 Å². The first-order valence-electron chi connectivity index (χ1n) is 4.77. The summed E-state index contributed by atoms with van der Waals surface area (Å²) in [5, 5.41) is 9.95. The lowest BCUT2D eigenvalue weighted by Gasteiger charge is -2.08. The normalized spacial score (nSPS) is 12.8. The molecule has 1 aromatic heterocycles. The van der Waals surface area contributed by atoms with E-state index in [0.717, 1.165) is 0 Å². The number of hydrogen-bond acceptors (Lipinski definition) is 2. The average Bonchev–Trinajstić information content (AvgIpc) is 2.68. The van der Waals surface area contributed by atoms with Crippen LogP contribution in [0, 0.1) is 12.7 Å². The maximum absolute atomic E-state index is 13.2. The summed E-state index contributed by atoms with van der Waals surface area (Å²) in [6.45, 7) is 1.78. The van der Waals surface area contributed by atoms with Crippen LogP contribution in [0.5, 0.6) is 0 Å². The Morgan fingerprint density at radius 3 is 2.62 bits per heavy atom. The van der Waals surface area contributed by atoms with Crippen molar-refractivity contribution < 1.29 is 13.9 Å². The highest BCUT2D eigenvalue weighted by Crippen LogP contribution is 2.26. The van der Waals surface area contributed by atoms with E-state index in [0.29, 0.717) is 17.1 Å². The van der Waals surface area contributed by atoms with Gasteiger partial charge in [0.1, 0.15) is 23.4 Å². The first kappa shape index (κ1) is 11.2. The van der Waals surface area contributed by atoms with Gasteiger partial charge in [0.2, 0.25) is 0 Å². The molecule has 0 aliphatic heterocycles. The molecule has 0 radical (unpaired) electrons. The van der Waals surface area contributed by atoms with Crippen molar-refractivity contribution in [2.45, 2.75) is 13.0 Å². The van der Waals surface area contributed by atoms with Gasteiger partial charge in [-0.3, -0.25) is 0 Å². The van der Waals surface area contributed by atoms with Gasteiger partial charge in [-0.25, -0.2) is 4.39 Å². The highest BCUT2D eigenvalue weighted by atomic mass is 35.5. The molecule has 2 aromatic rings. The third kappa shape index (κ3) is 2.10. The number of hydrogen-bond donors (Lipinski definition) is 1. The third-order valence-electron chi connectivity index (χ3n) is 2.29. The van der Waals surface area contributed by atoms with Gasteiger partial charge in [0.05, 0.1) is 5.02 Å². The Morgan fingerprint density at radius 2 is 2.06 bits per heavy atom. The summed E-state index contributed by atoms with van der Waals surface area (Å²) in [7, 11) is 0. The van der Waals surface area contributed by atoms with Crippen LogP contribution in [0.3, 0.4) is 0 Å². The zero-order valence-corrected chi connectivity index (χ0v) is 9.33. The third-order valence-corrected chi connectivity index (χ3v) is 2.60. The van der Waals surface area contributed by atoms with Crippen LogP contribution in [0.15, 0.2) is 34.7 Å². The van der Waals surface area contributed by atoms with Crippen LogP contribution in [0.2, 0.25) is 5.02 Å². The number of aliphatic hydroxyl groups excluding tert-OH is 1.